The van der Waals surface area contributed by atoms with Gasteiger partial charge in [-0.2, -0.15) is 5.26 Å². The van der Waals surface area contributed by atoms with Gasteiger partial charge in [-0.25, -0.2) is 0 Å². The Morgan fingerprint density at radius 1 is 1.17 bits per heavy atom. The minimum absolute atomic E-state index is 0.0119. The van der Waals surface area contributed by atoms with Crippen LogP contribution >= 0.6 is 11.6 Å². The number of carbonyl (C=O) groups excluding carboxylic acids is 1. The minimum atomic E-state index is -0.541. The predicted molar refractivity (Wildman–Crippen MR) is 114 cm³/mol. The molecule has 0 spiro atoms. The summed E-state index contributed by atoms with van der Waals surface area (Å²) in [5.41, 5.74) is 2.78. The molecule has 5 nitrogen and oxygen atoms in total. The maximum Gasteiger partial charge on any atom is 0.263 e. The molecule has 1 aliphatic rings. The van der Waals surface area contributed by atoms with Gasteiger partial charge in [0.25, 0.3) is 5.91 Å². The van der Waals surface area contributed by atoms with E-state index < -0.39 is 6.10 Å². The Morgan fingerprint density at radius 2 is 1.93 bits per heavy atom. The smallest absolute Gasteiger partial charge is 0.263 e. The molecule has 152 valence electrons. The third-order valence-electron chi connectivity index (χ3n) is 5.18. The molecule has 0 aromatic heterocycles. The van der Waals surface area contributed by atoms with Crippen LogP contribution < -0.4 is 4.74 Å². The number of nitriles is 1. The maximum absolute atomic E-state index is 12.9. The van der Waals surface area contributed by atoms with Crippen LogP contribution in [0.3, 0.4) is 0 Å². The molecule has 0 saturated carbocycles. The van der Waals surface area contributed by atoms with Gasteiger partial charge in [0.15, 0.2) is 6.10 Å². The van der Waals surface area contributed by atoms with Gasteiger partial charge in [-0.3, -0.25) is 9.69 Å². The van der Waals surface area contributed by atoms with Gasteiger partial charge in [-0.15, -0.1) is 0 Å². The largest absolute Gasteiger partial charge is 0.481 e. The molecule has 6 heteroatoms. The standard InChI is InChI=1S/C23H26ClN3O2/c1-17-14-21(8-9-22(17)24)29-18(2)23(28)27-11-3-10-26(12-13-27)16-20-6-4-19(15-25)5-7-20/h4-9,14,18H,3,10-13,16H2,1-2H3. The van der Waals surface area contributed by atoms with E-state index in [0.717, 1.165) is 38.2 Å². The second-order valence-corrected chi connectivity index (χ2v) is 7.84. The number of aryl methyl sites for hydroxylation is 1. The molecule has 1 fully saturated rings. The lowest BCUT2D eigenvalue weighted by molar-refractivity contribution is -0.137. The Bertz CT molecular complexity index is 892. The van der Waals surface area contributed by atoms with Crippen molar-refractivity contribution >= 4 is 17.5 Å². The molecule has 1 aliphatic heterocycles. The number of halogens is 1. The van der Waals surface area contributed by atoms with Crippen LogP contribution in [0, 0.1) is 18.3 Å². The molecule has 0 N–H and O–H groups in total. The van der Waals surface area contributed by atoms with E-state index in [1.165, 1.54) is 5.56 Å². The lowest BCUT2D eigenvalue weighted by Gasteiger charge is -2.25. The molecule has 1 heterocycles. The predicted octanol–water partition coefficient (Wildman–Crippen LogP) is 4.02. The zero-order valence-electron chi connectivity index (χ0n) is 16.9. The lowest BCUT2D eigenvalue weighted by Crippen LogP contribution is -2.42. The summed E-state index contributed by atoms with van der Waals surface area (Å²) < 4.78 is 5.86. The minimum Gasteiger partial charge on any atom is -0.481 e. The van der Waals surface area contributed by atoms with E-state index in [9.17, 15) is 4.79 Å². The van der Waals surface area contributed by atoms with Crippen molar-refractivity contribution in [2.24, 2.45) is 0 Å². The van der Waals surface area contributed by atoms with Crippen LogP contribution in [0.25, 0.3) is 0 Å². The summed E-state index contributed by atoms with van der Waals surface area (Å²) in [5, 5.41) is 9.60. The Labute approximate surface area is 177 Å². The number of ether oxygens (including phenoxy) is 1. The van der Waals surface area contributed by atoms with Gasteiger partial charge < -0.3 is 9.64 Å². The molecule has 0 bridgehead atoms. The summed E-state index contributed by atoms with van der Waals surface area (Å²) in [6.45, 7) is 7.71. The molecular weight excluding hydrogens is 386 g/mol. The van der Waals surface area contributed by atoms with Crippen LogP contribution in [0.4, 0.5) is 0 Å². The summed E-state index contributed by atoms with van der Waals surface area (Å²) in [7, 11) is 0. The average molecular weight is 412 g/mol. The van der Waals surface area contributed by atoms with Crippen LogP contribution in [0.15, 0.2) is 42.5 Å². The van der Waals surface area contributed by atoms with Crippen molar-refractivity contribution in [2.45, 2.75) is 32.9 Å². The van der Waals surface area contributed by atoms with E-state index in [2.05, 4.69) is 11.0 Å². The first-order chi connectivity index (χ1) is 14.0. The second-order valence-electron chi connectivity index (χ2n) is 7.43. The van der Waals surface area contributed by atoms with Gasteiger partial charge in [0.1, 0.15) is 5.75 Å². The summed E-state index contributed by atoms with van der Waals surface area (Å²) in [4.78, 5) is 17.1. The fourth-order valence-corrected chi connectivity index (χ4v) is 3.61. The van der Waals surface area contributed by atoms with Crippen LogP contribution in [-0.4, -0.2) is 48.0 Å². The average Bonchev–Trinajstić information content (AvgIpc) is 2.96. The highest BCUT2D eigenvalue weighted by Gasteiger charge is 2.24. The second kappa shape index (κ2) is 9.78. The number of hydrogen-bond donors (Lipinski definition) is 0. The van der Waals surface area contributed by atoms with Crippen molar-refractivity contribution in [3.05, 3.63) is 64.2 Å². The first-order valence-electron chi connectivity index (χ1n) is 9.89. The SMILES string of the molecule is Cc1cc(OC(C)C(=O)N2CCCN(Cc3ccc(C#N)cc3)CC2)ccc1Cl. The van der Waals surface area contributed by atoms with Crippen molar-refractivity contribution in [2.75, 3.05) is 26.2 Å². The third-order valence-corrected chi connectivity index (χ3v) is 5.60. The van der Waals surface area contributed by atoms with Crippen molar-refractivity contribution in [1.29, 1.82) is 5.26 Å². The highest BCUT2D eigenvalue weighted by atomic mass is 35.5. The molecule has 1 unspecified atom stereocenters. The van der Waals surface area contributed by atoms with E-state index in [1.807, 2.05) is 42.2 Å². The molecule has 3 rings (SSSR count). The number of benzene rings is 2. The van der Waals surface area contributed by atoms with E-state index in [0.29, 0.717) is 22.9 Å². The summed E-state index contributed by atoms with van der Waals surface area (Å²) in [6.07, 6.45) is 0.384. The van der Waals surface area contributed by atoms with Crippen LogP contribution in [0.1, 0.15) is 30.0 Å². The first-order valence-corrected chi connectivity index (χ1v) is 10.3. The number of rotatable bonds is 5. The molecule has 1 amide bonds. The fraction of sp³-hybridized carbons (Fsp3) is 0.391. The summed E-state index contributed by atoms with van der Waals surface area (Å²) in [6, 6.07) is 15.3. The molecule has 0 aliphatic carbocycles. The highest BCUT2D eigenvalue weighted by Crippen LogP contribution is 2.22. The number of carbonyl (C=O) groups is 1. The molecule has 2 aromatic rings. The van der Waals surface area contributed by atoms with E-state index in [4.69, 9.17) is 21.6 Å². The monoisotopic (exact) mass is 411 g/mol. The van der Waals surface area contributed by atoms with Crippen molar-refractivity contribution in [3.63, 3.8) is 0 Å². The van der Waals surface area contributed by atoms with Gasteiger partial charge in [-0.05, 0) is 61.7 Å². The van der Waals surface area contributed by atoms with Crippen molar-refractivity contribution in [1.82, 2.24) is 9.80 Å². The zero-order valence-corrected chi connectivity index (χ0v) is 17.7. The fourth-order valence-electron chi connectivity index (χ4n) is 3.49. The van der Waals surface area contributed by atoms with Crippen LogP contribution in [-0.2, 0) is 11.3 Å². The Morgan fingerprint density at radius 3 is 2.62 bits per heavy atom. The lowest BCUT2D eigenvalue weighted by atomic mass is 10.1. The summed E-state index contributed by atoms with van der Waals surface area (Å²) in [5.74, 6) is 0.669. The number of hydrogen-bond acceptors (Lipinski definition) is 4. The van der Waals surface area contributed by atoms with Gasteiger partial charge in [0.05, 0.1) is 11.6 Å². The zero-order chi connectivity index (χ0) is 20.8. The van der Waals surface area contributed by atoms with E-state index in [1.54, 1.807) is 19.1 Å². The molecule has 0 radical (unpaired) electrons. The highest BCUT2D eigenvalue weighted by molar-refractivity contribution is 6.31. The van der Waals surface area contributed by atoms with Gasteiger partial charge in [-0.1, -0.05) is 23.7 Å². The Balaban J connectivity index is 1.54. The summed E-state index contributed by atoms with van der Waals surface area (Å²) >= 11 is 6.06. The van der Waals surface area contributed by atoms with E-state index in [-0.39, 0.29) is 5.91 Å². The molecule has 1 saturated heterocycles. The molecule has 29 heavy (non-hydrogen) atoms. The van der Waals surface area contributed by atoms with Crippen molar-refractivity contribution < 1.29 is 9.53 Å². The molecular formula is C23H26ClN3O2. The normalized spacial score (nSPS) is 16.0. The number of nitrogens with zero attached hydrogens (tertiary/aromatic N) is 3. The van der Waals surface area contributed by atoms with Gasteiger partial charge in [0.2, 0.25) is 0 Å². The van der Waals surface area contributed by atoms with Crippen LogP contribution in [0.5, 0.6) is 5.75 Å². The number of amides is 1. The molecule has 2 aromatic carbocycles. The topological polar surface area (TPSA) is 56.6 Å². The van der Waals surface area contributed by atoms with Crippen LogP contribution in [0.2, 0.25) is 5.02 Å². The van der Waals surface area contributed by atoms with Gasteiger partial charge >= 0.3 is 0 Å². The Hall–Kier alpha value is -2.55. The quantitative estimate of drug-likeness (QED) is 0.745. The van der Waals surface area contributed by atoms with E-state index >= 15 is 0 Å². The third kappa shape index (κ3) is 5.72. The molecule has 1 atom stereocenters. The maximum atomic E-state index is 12.9. The first kappa shape index (κ1) is 21.2. The van der Waals surface area contributed by atoms with Crippen molar-refractivity contribution in [3.8, 4) is 11.8 Å². The Kier molecular flexibility index (Phi) is 7.13. The van der Waals surface area contributed by atoms with Gasteiger partial charge in [0, 0.05) is 37.7 Å².